The number of rotatable bonds is 7. The summed E-state index contributed by atoms with van der Waals surface area (Å²) in [5.41, 5.74) is 2.20. The molecule has 0 bridgehead atoms. The number of nitriles is 1. The van der Waals surface area contributed by atoms with E-state index in [-0.39, 0.29) is 0 Å². The Balaban J connectivity index is 1.33. The Hall–Kier alpha value is -1.55. The molecule has 1 nitrogen and oxygen atoms in total. The first-order chi connectivity index (χ1) is 13.3. The van der Waals surface area contributed by atoms with Gasteiger partial charge in [0.25, 0.3) is 0 Å². The predicted molar refractivity (Wildman–Crippen MR) is 115 cm³/mol. The zero-order chi connectivity index (χ0) is 18.9. The van der Waals surface area contributed by atoms with Crippen LogP contribution in [0.2, 0.25) is 0 Å². The predicted octanol–water partition coefficient (Wildman–Crippen LogP) is 7.77. The topological polar surface area (TPSA) is 23.8 Å². The van der Waals surface area contributed by atoms with E-state index in [1.807, 2.05) is 12.1 Å². The molecule has 0 atom stereocenters. The third-order valence-electron chi connectivity index (χ3n) is 7.10. The minimum absolute atomic E-state index is 0.695. The van der Waals surface area contributed by atoms with Gasteiger partial charge in [0.2, 0.25) is 0 Å². The van der Waals surface area contributed by atoms with Crippen LogP contribution in [-0.4, -0.2) is 0 Å². The van der Waals surface area contributed by atoms with Crippen molar-refractivity contribution in [3.05, 3.63) is 47.5 Å². The van der Waals surface area contributed by atoms with Gasteiger partial charge < -0.3 is 0 Å². The van der Waals surface area contributed by atoms with Gasteiger partial charge in [-0.25, -0.2) is 0 Å². The average Bonchev–Trinajstić information content (AvgIpc) is 2.73. The van der Waals surface area contributed by atoms with E-state index in [2.05, 4.69) is 37.3 Å². The molecule has 0 radical (unpaired) electrons. The monoisotopic (exact) mass is 363 g/mol. The molecule has 2 saturated carbocycles. The molecule has 0 saturated heterocycles. The number of nitrogens with zero attached hydrogens (tertiary/aromatic N) is 1. The number of hydrogen-bond acceptors (Lipinski definition) is 1. The maximum absolute atomic E-state index is 8.94. The van der Waals surface area contributed by atoms with Gasteiger partial charge in [-0.15, -0.1) is 0 Å². The molecule has 1 heteroatoms. The van der Waals surface area contributed by atoms with Crippen LogP contribution >= 0.6 is 0 Å². The third-order valence-corrected chi connectivity index (χ3v) is 7.10. The second-order valence-corrected chi connectivity index (χ2v) is 9.03. The summed E-state index contributed by atoms with van der Waals surface area (Å²) in [7, 11) is 0. The highest BCUT2D eigenvalue weighted by Crippen LogP contribution is 2.37. The lowest BCUT2D eigenvalue weighted by atomic mass is 9.77. The lowest BCUT2D eigenvalue weighted by molar-refractivity contribution is 0.253. The maximum atomic E-state index is 8.94. The molecule has 2 aliphatic carbocycles. The number of hydrogen-bond donors (Lipinski definition) is 0. The zero-order valence-corrected chi connectivity index (χ0v) is 17.2. The summed E-state index contributed by atoms with van der Waals surface area (Å²) in [6.45, 7) is 2.33. The maximum Gasteiger partial charge on any atom is 0.0991 e. The fourth-order valence-electron chi connectivity index (χ4n) is 5.31. The van der Waals surface area contributed by atoms with Gasteiger partial charge in [0.15, 0.2) is 0 Å². The van der Waals surface area contributed by atoms with Crippen molar-refractivity contribution in [1.82, 2.24) is 0 Å². The fraction of sp³-hybridized carbons (Fsp3) is 0.654. The minimum atomic E-state index is 0.695. The standard InChI is InChI=1S/C26H37N/c1-2-5-21-8-10-22(11-9-21)6-3-4-7-23-12-16-25(17-13-23)26-18-14-24(20-27)15-19-26/h4,7,14-15,18-19,21-23,25H,2-3,5-6,8-13,16-17H2,1H3. The van der Waals surface area contributed by atoms with Gasteiger partial charge in [0.05, 0.1) is 11.6 Å². The van der Waals surface area contributed by atoms with E-state index in [9.17, 15) is 0 Å². The van der Waals surface area contributed by atoms with Gasteiger partial charge in [-0.3, -0.25) is 0 Å². The van der Waals surface area contributed by atoms with Gasteiger partial charge in [0.1, 0.15) is 0 Å². The second kappa shape index (κ2) is 10.7. The molecule has 3 rings (SSSR count). The van der Waals surface area contributed by atoms with Crippen LogP contribution in [0.4, 0.5) is 0 Å². The van der Waals surface area contributed by atoms with Gasteiger partial charge in [-0.2, -0.15) is 5.26 Å². The molecular formula is C26H37N. The molecule has 0 N–H and O–H groups in total. The van der Waals surface area contributed by atoms with Crippen LogP contribution in [0.3, 0.4) is 0 Å². The number of allylic oxidation sites excluding steroid dienone is 2. The van der Waals surface area contributed by atoms with Crippen LogP contribution in [0.1, 0.15) is 101 Å². The SMILES string of the molecule is CCCC1CCC(CCC=CC2CCC(c3ccc(C#N)cc3)CC2)CC1. The molecular weight excluding hydrogens is 326 g/mol. The normalized spacial score (nSPS) is 28.9. The highest BCUT2D eigenvalue weighted by Gasteiger charge is 2.21. The van der Waals surface area contributed by atoms with Crippen molar-refractivity contribution in [2.24, 2.45) is 17.8 Å². The largest absolute Gasteiger partial charge is 0.192 e. The van der Waals surface area contributed by atoms with Crippen LogP contribution in [0, 0.1) is 29.1 Å². The Morgan fingerprint density at radius 2 is 1.52 bits per heavy atom. The summed E-state index contributed by atoms with van der Waals surface area (Å²) in [5, 5.41) is 8.94. The van der Waals surface area contributed by atoms with E-state index >= 15 is 0 Å². The van der Waals surface area contributed by atoms with Crippen LogP contribution in [-0.2, 0) is 0 Å². The van der Waals surface area contributed by atoms with Crippen molar-refractivity contribution < 1.29 is 0 Å². The van der Waals surface area contributed by atoms with E-state index in [0.29, 0.717) is 5.92 Å². The third kappa shape index (κ3) is 6.24. The molecule has 1 aromatic rings. The molecule has 0 unspecified atom stereocenters. The van der Waals surface area contributed by atoms with Gasteiger partial charge in [-0.05, 0) is 79.9 Å². The van der Waals surface area contributed by atoms with Crippen LogP contribution in [0.25, 0.3) is 0 Å². The molecule has 0 aliphatic heterocycles. The van der Waals surface area contributed by atoms with Gasteiger partial charge >= 0.3 is 0 Å². The Morgan fingerprint density at radius 3 is 2.11 bits per heavy atom. The highest BCUT2D eigenvalue weighted by molar-refractivity contribution is 5.33. The zero-order valence-electron chi connectivity index (χ0n) is 17.2. The summed E-state index contributed by atoms with van der Waals surface area (Å²) in [6.07, 6.45) is 21.7. The fourth-order valence-corrected chi connectivity index (χ4v) is 5.31. The number of benzene rings is 1. The Labute approximate surface area is 166 Å². The first-order valence-corrected chi connectivity index (χ1v) is 11.4. The first-order valence-electron chi connectivity index (χ1n) is 11.4. The average molecular weight is 364 g/mol. The molecule has 0 heterocycles. The molecule has 0 aromatic heterocycles. The minimum Gasteiger partial charge on any atom is -0.192 e. The van der Waals surface area contributed by atoms with Crippen molar-refractivity contribution in [3.63, 3.8) is 0 Å². The molecule has 146 valence electrons. The molecule has 0 amide bonds. The molecule has 2 fully saturated rings. The molecule has 27 heavy (non-hydrogen) atoms. The van der Waals surface area contributed by atoms with Crippen molar-refractivity contribution in [3.8, 4) is 6.07 Å². The highest BCUT2D eigenvalue weighted by atomic mass is 14.3. The summed E-state index contributed by atoms with van der Waals surface area (Å²) in [6, 6.07) is 10.5. The summed E-state index contributed by atoms with van der Waals surface area (Å²) in [4.78, 5) is 0. The van der Waals surface area contributed by atoms with Crippen LogP contribution < -0.4 is 0 Å². The Bertz CT molecular complexity index is 605. The van der Waals surface area contributed by atoms with E-state index in [1.54, 1.807) is 0 Å². The van der Waals surface area contributed by atoms with Crippen molar-refractivity contribution >= 4 is 0 Å². The van der Waals surface area contributed by atoms with E-state index in [0.717, 1.165) is 23.3 Å². The van der Waals surface area contributed by atoms with E-state index in [1.165, 1.54) is 82.6 Å². The molecule has 1 aromatic carbocycles. The van der Waals surface area contributed by atoms with Crippen molar-refractivity contribution in [1.29, 1.82) is 5.26 Å². The van der Waals surface area contributed by atoms with E-state index < -0.39 is 0 Å². The van der Waals surface area contributed by atoms with Crippen molar-refractivity contribution in [2.45, 2.75) is 89.9 Å². The van der Waals surface area contributed by atoms with Crippen LogP contribution in [0.5, 0.6) is 0 Å². The summed E-state index contributed by atoms with van der Waals surface area (Å²) >= 11 is 0. The lowest BCUT2D eigenvalue weighted by Crippen LogP contribution is -2.14. The van der Waals surface area contributed by atoms with Crippen molar-refractivity contribution in [2.75, 3.05) is 0 Å². The lowest BCUT2D eigenvalue weighted by Gasteiger charge is -2.28. The Kier molecular flexibility index (Phi) is 8.00. The Morgan fingerprint density at radius 1 is 0.889 bits per heavy atom. The first kappa shape index (κ1) is 20.2. The second-order valence-electron chi connectivity index (χ2n) is 9.03. The van der Waals surface area contributed by atoms with Gasteiger partial charge in [-0.1, -0.05) is 69.7 Å². The van der Waals surface area contributed by atoms with E-state index in [4.69, 9.17) is 5.26 Å². The van der Waals surface area contributed by atoms with Gasteiger partial charge in [0, 0.05) is 0 Å². The smallest absolute Gasteiger partial charge is 0.0991 e. The summed E-state index contributed by atoms with van der Waals surface area (Å²) in [5.74, 6) is 3.52. The van der Waals surface area contributed by atoms with Crippen LogP contribution in [0.15, 0.2) is 36.4 Å². The summed E-state index contributed by atoms with van der Waals surface area (Å²) < 4.78 is 0. The molecule has 0 spiro atoms. The molecule has 2 aliphatic rings. The quantitative estimate of drug-likeness (QED) is 0.454.